The van der Waals surface area contributed by atoms with Gasteiger partial charge in [-0.25, -0.2) is 8.42 Å². The molecule has 0 aliphatic rings. The first-order valence-electron chi connectivity index (χ1n) is 5.49. The summed E-state index contributed by atoms with van der Waals surface area (Å²) in [5, 5.41) is 7.35. The van der Waals surface area contributed by atoms with Gasteiger partial charge in [0.25, 0.3) is 14.2 Å². The minimum absolute atomic E-state index is 0.233. The van der Waals surface area contributed by atoms with Gasteiger partial charge in [-0.3, -0.25) is 4.57 Å². The Hall–Kier alpha value is -0.920. The molecule has 0 atom stereocenters. The Morgan fingerprint density at radius 2 is 2.05 bits per heavy atom. The van der Waals surface area contributed by atoms with Gasteiger partial charge in [-0.1, -0.05) is 28.1 Å². The molecule has 0 aliphatic carbocycles. The lowest BCUT2D eigenvalue weighted by Crippen LogP contribution is -2.06. The van der Waals surface area contributed by atoms with Gasteiger partial charge in [0, 0.05) is 27.3 Å². The van der Waals surface area contributed by atoms with E-state index in [9.17, 15) is 8.42 Å². The van der Waals surface area contributed by atoms with Crippen LogP contribution in [-0.2, 0) is 15.6 Å². The van der Waals surface area contributed by atoms with Crippen LogP contribution < -0.4 is 0 Å². The molecule has 2 aromatic rings. The molecule has 1 heterocycles. The van der Waals surface area contributed by atoms with Crippen molar-refractivity contribution in [1.29, 1.82) is 0 Å². The minimum Gasteiger partial charge on any atom is -0.297 e. The van der Waals surface area contributed by atoms with E-state index < -0.39 is 9.05 Å². The number of halogens is 2. The molecule has 0 fully saturated rings. The highest BCUT2D eigenvalue weighted by Gasteiger charge is 2.22. The second-order valence-electron chi connectivity index (χ2n) is 3.95. The van der Waals surface area contributed by atoms with E-state index in [-0.39, 0.29) is 5.16 Å². The van der Waals surface area contributed by atoms with Crippen molar-refractivity contribution in [2.45, 2.75) is 25.5 Å². The maximum absolute atomic E-state index is 11.4. The van der Waals surface area contributed by atoms with Crippen molar-refractivity contribution in [2.24, 2.45) is 0 Å². The van der Waals surface area contributed by atoms with Crippen LogP contribution in [0, 0.1) is 6.92 Å². The third-order valence-electron chi connectivity index (χ3n) is 2.68. The maximum atomic E-state index is 11.4. The first-order chi connectivity index (χ1) is 8.84. The molecule has 1 aromatic heterocycles. The van der Waals surface area contributed by atoms with Gasteiger partial charge in [0.05, 0.1) is 0 Å². The minimum atomic E-state index is -3.90. The largest absolute Gasteiger partial charge is 0.297 e. The van der Waals surface area contributed by atoms with E-state index in [2.05, 4.69) is 26.1 Å². The third kappa shape index (κ3) is 2.82. The first kappa shape index (κ1) is 14.5. The predicted molar refractivity (Wildman–Crippen MR) is 76.6 cm³/mol. The van der Waals surface area contributed by atoms with Crippen LogP contribution in [0.25, 0.3) is 11.4 Å². The molecule has 19 heavy (non-hydrogen) atoms. The highest BCUT2D eigenvalue weighted by Crippen LogP contribution is 2.26. The lowest BCUT2D eigenvalue weighted by molar-refractivity contribution is 0.583. The van der Waals surface area contributed by atoms with Crippen LogP contribution in [0.2, 0.25) is 0 Å². The maximum Gasteiger partial charge on any atom is 0.296 e. The lowest BCUT2D eigenvalue weighted by Gasteiger charge is -2.07. The van der Waals surface area contributed by atoms with Crippen LogP contribution in [-0.4, -0.2) is 23.2 Å². The molecule has 0 unspecified atom stereocenters. The Bertz CT molecular complexity index is 728. The average Bonchev–Trinajstić information content (AvgIpc) is 2.76. The Labute approximate surface area is 124 Å². The van der Waals surface area contributed by atoms with Crippen molar-refractivity contribution in [3.8, 4) is 11.4 Å². The van der Waals surface area contributed by atoms with Crippen LogP contribution in [0.3, 0.4) is 0 Å². The molecule has 2 rings (SSSR count). The average molecular weight is 365 g/mol. The SMILES string of the molecule is CCn1c(-c2ccc(C)c(Br)c2)nnc1S(=O)(=O)Cl. The van der Waals surface area contributed by atoms with Crippen molar-refractivity contribution in [3.63, 3.8) is 0 Å². The number of aryl methyl sites for hydroxylation is 1. The molecule has 0 radical (unpaired) electrons. The van der Waals surface area contributed by atoms with Crippen LogP contribution in [0.5, 0.6) is 0 Å². The molecule has 0 amide bonds. The van der Waals surface area contributed by atoms with E-state index in [1.165, 1.54) is 4.57 Å². The van der Waals surface area contributed by atoms with E-state index in [0.29, 0.717) is 12.4 Å². The molecular formula is C11H11BrClN3O2S. The molecular weight excluding hydrogens is 354 g/mol. The highest BCUT2D eigenvalue weighted by molar-refractivity contribution is 9.10. The number of hydrogen-bond acceptors (Lipinski definition) is 4. The summed E-state index contributed by atoms with van der Waals surface area (Å²) in [6.45, 7) is 4.18. The molecule has 1 aromatic carbocycles. The summed E-state index contributed by atoms with van der Waals surface area (Å²) in [4.78, 5) is 0. The van der Waals surface area contributed by atoms with Crippen LogP contribution in [0.15, 0.2) is 27.8 Å². The quantitative estimate of drug-likeness (QED) is 0.785. The van der Waals surface area contributed by atoms with Crippen molar-refractivity contribution in [1.82, 2.24) is 14.8 Å². The highest BCUT2D eigenvalue weighted by atomic mass is 79.9. The Morgan fingerprint density at radius 1 is 1.37 bits per heavy atom. The lowest BCUT2D eigenvalue weighted by atomic mass is 10.1. The molecule has 0 N–H and O–H groups in total. The zero-order chi connectivity index (χ0) is 14.2. The summed E-state index contributed by atoms with van der Waals surface area (Å²) in [6, 6.07) is 5.65. The number of benzene rings is 1. The summed E-state index contributed by atoms with van der Waals surface area (Å²) < 4.78 is 25.2. The van der Waals surface area contributed by atoms with E-state index >= 15 is 0 Å². The fraction of sp³-hybridized carbons (Fsp3) is 0.273. The van der Waals surface area contributed by atoms with E-state index in [0.717, 1.165) is 15.6 Å². The predicted octanol–water partition coefficient (Wildman–Crippen LogP) is 2.96. The Kier molecular flexibility index (Phi) is 3.98. The molecule has 102 valence electrons. The fourth-order valence-corrected chi connectivity index (χ4v) is 3.04. The van der Waals surface area contributed by atoms with Gasteiger partial charge in [0.1, 0.15) is 0 Å². The van der Waals surface area contributed by atoms with Crippen molar-refractivity contribution in [2.75, 3.05) is 0 Å². The van der Waals surface area contributed by atoms with E-state index in [4.69, 9.17) is 10.7 Å². The molecule has 0 saturated carbocycles. The standard InChI is InChI=1S/C11H11BrClN3O2S/c1-3-16-10(14-15-11(16)19(13,17)18)8-5-4-7(2)9(12)6-8/h4-6H,3H2,1-2H3. The van der Waals surface area contributed by atoms with Crippen LogP contribution >= 0.6 is 26.6 Å². The molecule has 0 bridgehead atoms. The Morgan fingerprint density at radius 3 is 2.58 bits per heavy atom. The van der Waals surface area contributed by atoms with Gasteiger partial charge in [-0.05, 0) is 25.5 Å². The van der Waals surface area contributed by atoms with Crippen molar-refractivity contribution >= 4 is 35.7 Å². The van der Waals surface area contributed by atoms with Gasteiger partial charge in [-0.15, -0.1) is 10.2 Å². The smallest absolute Gasteiger partial charge is 0.296 e. The topological polar surface area (TPSA) is 64.8 Å². The monoisotopic (exact) mass is 363 g/mol. The molecule has 0 spiro atoms. The number of nitrogens with zero attached hydrogens (tertiary/aromatic N) is 3. The number of hydrogen-bond donors (Lipinski definition) is 0. The molecule has 8 heteroatoms. The first-order valence-corrected chi connectivity index (χ1v) is 8.59. The molecule has 5 nitrogen and oxygen atoms in total. The normalized spacial score (nSPS) is 11.8. The Balaban J connectivity index is 2.63. The zero-order valence-corrected chi connectivity index (χ0v) is 13.4. The zero-order valence-electron chi connectivity index (χ0n) is 10.3. The van der Waals surface area contributed by atoms with E-state index in [1.54, 1.807) is 0 Å². The van der Waals surface area contributed by atoms with Gasteiger partial charge < -0.3 is 0 Å². The fourth-order valence-electron chi connectivity index (χ4n) is 1.70. The van der Waals surface area contributed by atoms with Gasteiger partial charge in [0.2, 0.25) is 0 Å². The summed E-state index contributed by atoms with van der Waals surface area (Å²) in [5.74, 6) is 0.474. The number of aromatic nitrogens is 3. The van der Waals surface area contributed by atoms with Crippen LogP contribution in [0.4, 0.5) is 0 Å². The van der Waals surface area contributed by atoms with Gasteiger partial charge >= 0.3 is 0 Å². The molecule has 0 aliphatic heterocycles. The van der Waals surface area contributed by atoms with E-state index in [1.807, 2.05) is 32.0 Å². The number of rotatable bonds is 3. The third-order valence-corrected chi connectivity index (χ3v) is 4.69. The second-order valence-corrected chi connectivity index (χ2v) is 7.27. The summed E-state index contributed by atoms with van der Waals surface area (Å²) in [5.41, 5.74) is 1.86. The van der Waals surface area contributed by atoms with Gasteiger partial charge in [-0.2, -0.15) is 0 Å². The van der Waals surface area contributed by atoms with Gasteiger partial charge in [0.15, 0.2) is 5.82 Å². The summed E-state index contributed by atoms with van der Waals surface area (Å²) in [6.07, 6.45) is 0. The van der Waals surface area contributed by atoms with Crippen LogP contribution in [0.1, 0.15) is 12.5 Å². The van der Waals surface area contributed by atoms with Crippen molar-refractivity contribution in [3.05, 3.63) is 28.2 Å². The summed E-state index contributed by atoms with van der Waals surface area (Å²) in [7, 11) is 1.44. The van der Waals surface area contributed by atoms with Crippen molar-refractivity contribution < 1.29 is 8.42 Å². The second kappa shape index (κ2) is 5.22. The summed E-state index contributed by atoms with van der Waals surface area (Å²) >= 11 is 3.43. The molecule has 0 saturated heterocycles.